The van der Waals surface area contributed by atoms with E-state index in [-0.39, 0.29) is 30.1 Å². The second kappa shape index (κ2) is 7.21. The molecule has 0 fully saturated rings. The minimum absolute atomic E-state index is 0.119. The van der Waals surface area contributed by atoms with E-state index in [1.807, 2.05) is 13.0 Å². The molecule has 128 valence electrons. The van der Waals surface area contributed by atoms with Crippen molar-refractivity contribution in [1.82, 2.24) is 9.97 Å². The quantitative estimate of drug-likeness (QED) is 0.763. The van der Waals surface area contributed by atoms with Crippen LogP contribution in [0.3, 0.4) is 0 Å². The second-order valence-electron chi connectivity index (χ2n) is 5.51. The van der Waals surface area contributed by atoms with Crippen molar-refractivity contribution in [3.63, 3.8) is 0 Å². The summed E-state index contributed by atoms with van der Waals surface area (Å²) < 4.78 is 32.1. The fourth-order valence-electron chi connectivity index (χ4n) is 2.27. The van der Waals surface area contributed by atoms with Crippen molar-refractivity contribution in [3.05, 3.63) is 65.8 Å². The van der Waals surface area contributed by atoms with Crippen molar-refractivity contribution >= 4 is 11.7 Å². The molecule has 25 heavy (non-hydrogen) atoms. The molecule has 0 unspecified atom stereocenters. The van der Waals surface area contributed by atoms with Crippen LogP contribution in [-0.2, 0) is 11.2 Å². The summed E-state index contributed by atoms with van der Waals surface area (Å²) in [7, 11) is 0. The smallest absolute Gasteiger partial charge is 0.226 e. The molecule has 0 atom stereocenters. The van der Waals surface area contributed by atoms with Crippen LogP contribution in [0.1, 0.15) is 17.9 Å². The molecule has 1 N–H and O–H groups in total. The lowest BCUT2D eigenvalue weighted by atomic mass is 10.2. The Labute approximate surface area is 142 Å². The van der Waals surface area contributed by atoms with Gasteiger partial charge in [0.25, 0.3) is 0 Å². The third-order valence-corrected chi connectivity index (χ3v) is 3.50. The van der Waals surface area contributed by atoms with Gasteiger partial charge in [-0.05, 0) is 36.8 Å². The standard InChI is InChI=1S/C18H15F2N3O2/c1-11-6-7-21-16(8-11)23-17(24)4-5-18-22-10-15(25-18)13-3-2-12(19)9-14(13)20/h2-3,6-10H,4-5H2,1H3,(H,21,23,24). The highest BCUT2D eigenvalue weighted by atomic mass is 19.1. The highest BCUT2D eigenvalue weighted by molar-refractivity contribution is 5.89. The van der Waals surface area contributed by atoms with E-state index >= 15 is 0 Å². The number of oxazole rings is 1. The molecule has 1 aromatic carbocycles. The topological polar surface area (TPSA) is 68.0 Å². The minimum atomic E-state index is -0.731. The third kappa shape index (κ3) is 4.26. The fraction of sp³-hybridized carbons (Fsp3) is 0.167. The number of rotatable bonds is 5. The molecule has 0 spiro atoms. The number of carbonyl (C=O) groups is 1. The zero-order valence-electron chi connectivity index (χ0n) is 13.4. The predicted molar refractivity (Wildman–Crippen MR) is 87.8 cm³/mol. The molecule has 3 aromatic rings. The van der Waals surface area contributed by atoms with E-state index in [0.29, 0.717) is 11.7 Å². The molecule has 0 saturated heterocycles. The van der Waals surface area contributed by atoms with E-state index in [1.165, 1.54) is 12.3 Å². The summed E-state index contributed by atoms with van der Waals surface area (Å²) in [4.78, 5) is 20.0. The van der Waals surface area contributed by atoms with Crippen molar-refractivity contribution in [2.45, 2.75) is 19.8 Å². The second-order valence-corrected chi connectivity index (χ2v) is 5.51. The number of halogens is 2. The van der Waals surface area contributed by atoms with Gasteiger partial charge < -0.3 is 9.73 Å². The average molecular weight is 343 g/mol. The fourth-order valence-corrected chi connectivity index (χ4v) is 2.27. The number of aromatic nitrogens is 2. The first-order valence-corrected chi connectivity index (χ1v) is 7.64. The Balaban J connectivity index is 1.61. The summed E-state index contributed by atoms with van der Waals surface area (Å²) in [6.07, 6.45) is 3.36. The van der Waals surface area contributed by atoms with Gasteiger partial charge in [-0.15, -0.1) is 0 Å². The van der Waals surface area contributed by atoms with Gasteiger partial charge in [-0.1, -0.05) is 0 Å². The Morgan fingerprint density at radius 1 is 1.20 bits per heavy atom. The largest absolute Gasteiger partial charge is 0.441 e. The molecule has 0 bridgehead atoms. The number of carbonyl (C=O) groups excluding carboxylic acids is 1. The maximum absolute atomic E-state index is 13.7. The monoisotopic (exact) mass is 343 g/mol. The molecule has 2 heterocycles. The Morgan fingerprint density at radius 3 is 2.80 bits per heavy atom. The van der Waals surface area contributed by atoms with E-state index in [0.717, 1.165) is 17.7 Å². The summed E-state index contributed by atoms with van der Waals surface area (Å²) in [5.74, 6) is -0.662. The molecule has 0 aliphatic heterocycles. The number of pyridine rings is 1. The van der Waals surface area contributed by atoms with Gasteiger partial charge in [-0.25, -0.2) is 18.7 Å². The molecule has 2 aromatic heterocycles. The van der Waals surface area contributed by atoms with Gasteiger partial charge >= 0.3 is 0 Å². The lowest BCUT2D eigenvalue weighted by Gasteiger charge is -2.04. The van der Waals surface area contributed by atoms with E-state index in [2.05, 4.69) is 15.3 Å². The number of benzene rings is 1. The normalized spacial score (nSPS) is 10.7. The zero-order chi connectivity index (χ0) is 17.8. The Bertz CT molecular complexity index is 909. The van der Waals surface area contributed by atoms with Crippen LogP contribution in [0, 0.1) is 18.6 Å². The van der Waals surface area contributed by atoms with Gasteiger partial charge in [0, 0.05) is 25.1 Å². The molecular weight excluding hydrogens is 328 g/mol. The summed E-state index contributed by atoms with van der Waals surface area (Å²) in [6.45, 7) is 1.90. The van der Waals surface area contributed by atoms with Crippen LogP contribution in [0.4, 0.5) is 14.6 Å². The number of anilines is 1. The van der Waals surface area contributed by atoms with Crippen LogP contribution >= 0.6 is 0 Å². The lowest BCUT2D eigenvalue weighted by Crippen LogP contribution is -2.13. The van der Waals surface area contributed by atoms with Gasteiger partial charge in [0.05, 0.1) is 11.8 Å². The van der Waals surface area contributed by atoms with E-state index in [9.17, 15) is 13.6 Å². The van der Waals surface area contributed by atoms with Crippen LogP contribution in [0.5, 0.6) is 0 Å². The highest BCUT2D eigenvalue weighted by Crippen LogP contribution is 2.24. The lowest BCUT2D eigenvalue weighted by molar-refractivity contribution is -0.116. The number of hydrogen-bond acceptors (Lipinski definition) is 4. The maximum atomic E-state index is 13.7. The molecule has 3 rings (SSSR count). The van der Waals surface area contributed by atoms with Crippen LogP contribution < -0.4 is 5.32 Å². The van der Waals surface area contributed by atoms with Gasteiger partial charge in [-0.2, -0.15) is 0 Å². The zero-order valence-corrected chi connectivity index (χ0v) is 13.4. The molecule has 7 heteroatoms. The van der Waals surface area contributed by atoms with Crippen LogP contribution in [0.2, 0.25) is 0 Å². The van der Waals surface area contributed by atoms with Crippen molar-refractivity contribution in [3.8, 4) is 11.3 Å². The van der Waals surface area contributed by atoms with Crippen molar-refractivity contribution < 1.29 is 18.0 Å². The number of nitrogens with one attached hydrogen (secondary N) is 1. The maximum Gasteiger partial charge on any atom is 0.226 e. The molecule has 0 aliphatic carbocycles. The molecular formula is C18H15F2N3O2. The van der Waals surface area contributed by atoms with Gasteiger partial charge in [0.1, 0.15) is 17.5 Å². The summed E-state index contributed by atoms with van der Waals surface area (Å²) in [5, 5.41) is 2.69. The summed E-state index contributed by atoms with van der Waals surface area (Å²) in [6, 6.07) is 6.80. The first kappa shape index (κ1) is 16.8. The molecule has 0 radical (unpaired) electrons. The van der Waals surface area contributed by atoms with Gasteiger partial charge in [0.2, 0.25) is 5.91 Å². The van der Waals surface area contributed by atoms with Crippen molar-refractivity contribution in [2.75, 3.05) is 5.32 Å². The van der Waals surface area contributed by atoms with Crippen molar-refractivity contribution in [1.29, 1.82) is 0 Å². The average Bonchev–Trinajstić information content (AvgIpc) is 3.01. The van der Waals surface area contributed by atoms with Crippen LogP contribution in [0.25, 0.3) is 11.3 Å². The van der Waals surface area contributed by atoms with Gasteiger partial charge in [-0.3, -0.25) is 4.79 Å². The van der Waals surface area contributed by atoms with Crippen LogP contribution in [0.15, 0.2) is 47.1 Å². The summed E-state index contributed by atoms with van der Waals surface area (Å²) in [5.41, 5.74) is 1.11. The Morgan fingerprint density at radius 2 is 2.04 bits per heavy atom. The molecule has 0 saturated carbocycles. The van der Waals surface area contributed by atoms with E-state index < -0.39 is 11.6 Å². The number of aryl methyl sites for hydroxylation is 2. The third-order valence-electron chi connectivity index (χ3n) is 3.50. The Hall–Kier alpha value is -3.09. The van der Waals surface area contributed by atoms with Crippen molar-refractivity contribution in [2.24, 2.45) is 0 Å². The first-order chi connectivity index (χ1) is 12.0. The van der Waals surface area contributed by atoms with E-state index in [4.69, 9.17) is 4.42 Å². The first-order valence-electron chi connectivity index (χ1n) is 7.64. The number of amides is 1. The predicted octanol–water partition coefficient (Wildman–Crippen LogP) is 3.89. The number of nitrogens with zero attached hydrogens (tertiary/aromatic N) is 2. The molecule has 0 aliphatic rings. The number of hydrogen-bond donors (Lipinski definition) is 1. The highest BCUT2D eigenvalue weighted by Gasteiger charge is 2.13. The molecule has 1 amide bonds. The van der Waals surface area contributed by atoms with Gasteiger partial charge in [0.15, 0.2) is 11.7 Å². The minimum Gasteiger partial charge on any atom is -0.441 e. The summed E-state index contributed by atoms with van der Waals surface area (Å²) >= 11 is 0. The SMILES string of the molecule is Cc1ccnc(NC(=O)CCc2ncc(-c3ccc(F)cc3F)o2)c1. The van der Waals surface area contributed by atoms with E-state index in [1.54, 1.807) is 12.3 Å². The molecule has 5 nitrogen and oxygen atoms in total. The van der Waals surface area contributed by atoms with Crippen LogP contribution in [-0.4, -0.2) is 15.9 Å². The Kier molecular flexibility index (Phi) is 4.83.